The van der Waals surface area contributed by atoms with E-state index in [0.717, 1.165) is 0 Å². The summed E-state index contributed by atoms with van der Waals surface area (Å²) < 4.78 is 45.9. The molecular weight excluding hydrogens is 148 g/mol. The van der Waals surface area contributed by atoms with Crippen molar-refractivity contribution in [1.82, 2.24) is 0 Å². The van der Waals surface area contributed by atoms with Crippen molar-refractivity contribution < 1.29 is 17.6 Å². The molecule has 0 saturated carbocycles. The lowest BCUT2D eigenvalue weighted by molar-refractivity contribution is -0.137. The fraction of sp³-hybridized carbons (Fsp3) is 1.00. The van der Waals surface area contributed by atoms with E-state index in [4.69, 9.17) is 0 Å². The molecule has 1 atom stereocenters. The Morgan fingerprint density at radius 2 is 1.80 bits per heavy atom. The van der Waals surface area contributed by atoms with E-state index in [1.165, 1.54) is 6.92 Å². The van der Waals surface area contributed by atoms with Gasteiger partial charge in [-0.1, -0.05) is 6.92 Å². The first-order chi connectivity index (χ1) is 4.45. The molecule has 0 aliphatic carbocycles. The molecular formula is C6H10F4. The highest BCUT2D eigenvalue weighted by Gasteiger charge is 2.27. The van der Waals surface area contributed by atoms with Crippen molar-refractivity contribution >= 4 is 0 Å². The first-order valence-corrected chi connectivity index (χ1v) is 3.08. The minimum absolute atomic E-state index is 0.111. The van der Waals surface area contributed by atoms with Crippen LogP contribution in [0.15, 0.2) is 0 Å². The molecule has 0 heterocycles. The molecule has 1 unspecified atom stereocenters. The molecule has 0 rings (SSSR count). The molecule has 0 fully saturated rings. The van der Waals surface area contributed by atoms with Crippen LogP contribution in [-0.4, -0.2) is 12.9 Å². The van der Waals surface area contributed by atoms with Gasteiger partial charge in [0.1, 0.15) is 0 Å². The van der Waals surface area contributed by atoms with E-state index >= 15 is 0 Å². The topological polar surface area (TPSA) is 0 Å². The van der Waals surface area contributed by atoms with Crippen molar-refractivity contribution in [3.05, 3.63) is 0 Å². The van der Waals surface area contributed by atoms with Gasteiger partial charge in [-0.05, 0) is 12.3 Å². The van der Waals surface area contributed by atoms with Gasteiger partial charge in [0.25, 0.3) is 0 Å². The van der Waals surface area contributed by atoms with Crippen LogP contribution in [0.2, 0.25) is 0 Å². The summed E-state index contributed by atoms with van der Waals surface area (Å²) >= 11 is 0. The van der Waals surface area contributed by atoms with Gasteiger partial charge in [-0.25, -0.2) is 0 Å². The summed E-state index contributed by atoms with van der Waals surface area (Å²) in [5, 5.41) is 0. The normalized spacial score (nSPS) is 15.3. The van der Waals surface area contributed by atoms with E-state index in [0.29, 0.717) is 0 Å². The molecule has 0 aliphatic heterocycles. The second kappa shape index (κ2) is 3.78. The Balaban J connectivity index is 3.36. The quantitative estimate of drug-likeness (QED) is 0.554. The SMILES string of the molecule is CC(CF)CCC(F)(F)F. The van der Waals surface area contributed by atoms with E-state index in [1.54, 1.807) is 0 Å². The van der Waals surface area contributed by atoms with Crippen molar-refractivity contribution in [1.29, 1.82) is 0 Å². The van der Waals surface area contributed by atoms with Crippen LogP contribution in [0, 0.1) is 5.92 Å². The molecule has 0 saturated heterocycles. The van der Waals surface area contributed by atoms with Crippen LogP contribution in [0.5, 0.6) is 0 Å². The summed E-state index contributed by atoms with van der Waals surface area (Å²) in [6.07, 6.45) is -5.12. The van der Waals surface area contributed by atoms with Gasteiger partial charge in [-0.2, -0.15) is 13.2 Å². The minimum atomic E-state index is -4.14. The molecule has 0 nitrogen and oxygen atoms in total. The van der Waals surface area contributed by atoms with Gasteiger partial charge in [0.15, 0.2) is 0 Å². The highest BCUT2D eigenvalue weighted by atomic mass is 19.4. The second-order valence-electron chi connectivity index (χ2n) is 2.41. The number of halogens is 4. The lowest BCUT2D eigenvalue weighted by atomic mass is 10.1. The molecule has 10 heavy (non-hydrogen) atoms. The number of hydrogen-bond donors (Lipinski definition) is 0. The maximum absolute atomic E-state index is 11.6. The zero-order chi connectivity index (χ0) is 8.20. The maximum atomic E-state index is 11.6. The van der Waals surface area contributed by atoms with Gasteiger partial charge in [-0.15, -0.1) is 0 Å². The summed E-state index contributed by atoms with van der Waals surface area (Å²) in [4.78, 5) is 0. The molecule has 62 valence electrons. The van der Waals surface area contributed by atoms with Crippen LogP contribution in [0.25, 0.3) is 0 Å². The summed E-state index contributed by atoms with van der Waals surface area (Å²) in [6.45, 7) is 0.793. The van der Waals surface area contributed by atoms with Gasteiger partial charge in [0, 0.05) is 6.42 Å². The minimum Gasteiger partial charge on any atom is -0.251 e. The predicted molar refractivity (Wildman–Crippen MR) is 30.4 cm³/mol. The van der Waals surface area contributed by atoms with Crippen molar-refractivity contribution in [3.63, 3.8) is 0 Å². The van der Waals surface area contributed by atoms with Gasteiger partial charge in [-0.3, -0.25) is 4.39 Å². The van der Waals surface area contributed by atoms with Crippen molar-refractivity contribution in [2.24, 2.45) is 5.92 Å². The van der Waals surface area contributed by atoms with Crippen LogP contribution in [0.4, 0.5) is 17.6 Å². The molecule has 0 N–H and O–H groups in total. The van der Waals surface area contributed by atoms with Crippen LogP contribution < -0.4 is 0 Å². The van der Waals surface area contributed by atoms with E-state index in [9.17, 15) is 17.6 Å². The predicted octanol–water partition coefficient (Wildman–Crippen LogP) is 2.93. The Morgan fingerprint density at radius 1 is 1.30 bits per heavy atom. The second-order valence-corrected chi connectivity index (χ2v) is 2.41. The van der Waals surface area contributed by atoms with Crippen molar-refractivity contribution in [2.45, 2.75) is 25.9 Å². The molecule has 4 heteroatoms. The molecule has 0 radical (unpaired) electrons. The van der Waals surface area contributed by atoms with E-state index in [-0.39, 0.29) is 6.42 Å². The lowest BCUT2D eigenvalue weighted by Gasteiger charge is -2.08. The molecule has 0 bridgehead atoms. The van der Waals surface area contributed by atoms with Gasteiger partial charge in [0.2, 0.25) is 0 Å². The summed E-state index contributed by atoms with van der Waals surface area (Å²) in [7, 11) is 0. The van der Waals surface area contributed by atoms with E-state index < -0.39 is 25.2 Å². The van der Waals surface area contributed by atoms with Gasteiger partial charge in [0.05, 0.1) is 6.67 Å². The Morgan fingerprint density at radius 3 is 2.10 bits per heavy atom. The van der Waals surface area contributed by atoms with E-state index in [1.807, 2.05) is 0 Å². The largest absolute Gasteiger partial charge is 0.389 e. The zero-order valence-corrected chi connectivity index (χ0v) is 5.71. The molecule has 0 aromatic carbocycles. The first kappa shape index (κ1) is 9.72. The Labute approximate surface area is 57.2 Å². The van der Waals surface area contributed by atoms with Crippen molar-refractivity contribution in [3.8, 4) is 0 Å². The molecule has 0 amide bonds. The summed E-state index contributed by atoms with van der Waals surface area (Å²) in [6, 6.07) is 0. The van der Waals surface area contributed by atoms with Crippen molar-refractivity contribution in [2.75, 3.05) is 6.67 Å². The third kappa shape index (κ3) is 5.85. The first-order valence-electron chi connectivity index (χ1n) is 3.08. The van der Waals surface area contributed by atoms with E-state index in [2.05, 4.69) is 0 Å². The number of alkyl halides is 4. The molecule has 0 aromatic heterocycles. The Kier molecular flexibility index (Phi) is 3.68. The Hall–Kier alpha value is -0.280. The average molecular weight is 158 g/mol. The highest BCUT2D eigenvalue weighted by molar-refractivity contribution is 4.55. The van der Waals surface area contributed by atoms with Crippen LogP contribution in [0.1, 0.15) is 19.8 Å². The average Bonchev–Trinajstić information content (AvgIpc) is 1.81. The fourth-order valence-corrected chi connectivity index (χ4v) is 0.487. The Bertz CT molecular complexity index is 86.2. The smallest absolute Gasteiger partial charge is 0.251 e. The number of hydrogen-bond acceptors (Lipinski definition) is 0. The summed E-state index contributed by atoms with van der Waals surface area (Å²) in [5.74, 6) is -0.471. The zero-order valence-electron chi connectivity index (χ0n) is 5.71. The van der Waals surface area contributed by atoms with Crippen LogP contribution in [0.3, 0.4) is 0 Å². The number of rotatable bonds is 3. The van der Waals surface area contributed by atoms with Gasteiger partial charge < -0.3 is 0 Å². The van der Waals surface area contributed by atoms with Crippen LogP contribution >= 0.6 is 0 Å². The lowest BCUT2D eigenvalue weighted by Crippen LogP contribution is -2.10. The monoisotopic (exact) mass is 158 g/mol. The molecule has 0 aliphatic rings. The fourth-order valence-electron chi connectivity index (χ4n) is 0.487. The highest BCUT2D eigenvalue weighted by Crippen LogP contribution is 2.23. The standard InChI is InChI=1S/C6H10F4/c1-5(4-7)2-3-6(8,9)10/h5H,2-4H2,1H3. The maximum Gasteiger partial charge on any atom is 0.389 e. The molecule has 0 spiro atoms. The third-order valence-electron chi connectivity index (χ3n) is 1.18. The summed E-state index contributed by atoms with van der Waals surface area (Å²) in [5.41, 5.74) is 0. The van der Waals surface area contributed by atoms with Gasteiger partial charge >= 0.3 is 6.18 Å². The molecule has 0 aromatic rings. The third-order valence-corrected chi connectivity index (χ3v) is 1.18. The van der Waals surface area contributed by atoms with Crippen LogP contribution in [-0.2, 0) is 0 Å².